The maximum Gasteiger partial charge on any atom is 0.250 e. The minimum atomic E-state index is -0.237. The van der Waals surface area contributed by atoms with Crippen LogP contribution < -0.4 is 10.9 Å². The Morgan fingerprint density at radius 1 is 1.10 bits per heavy atom. The zero-order chi connectivity index (χ0) is 26.9. The molecule has 1 saturated heterocycles. The van der Waals surface area contributed by atoms with Crippen molar-refractivity contribution in [3.63, 3.8) is 0 Å². The number of nitriles is 1. The third-order valence-electron chi connectivity index (χ3n) is 8.27. The Morgan fingerprint density at radius 3 is 2.67 bits per heavy atom. The van der Waals surface area contributed by atoms with Crippen molar-refractivity contribution >= 4 is 16.8 Å². The van der Waals surface area contributed by atoms with Crippen LogP contribution in [0, 0.1) is 17.2 Å². The van der Waals surface area contributed by atoms with E-state index in [4.69, 9.17) is 0 Å². The van der Waals surface area contributed by atoms with Crippen LogP contribution in [0.2, 0.25) is 0 Å². The molecule has 0 bridgehead atoms. The van der Waals surface area contributed by atoms with Gasteiger partial charge in [0.15, 0.2) is 0 Å². The summed E-state index contributed by atoms with van der Waals surface area (Å²) in [4.78, 5) is 28.7. The fraction of sp³-hybridized carbons (Fsp3) is 0.344. The van der Waals surface area contributed by atoms with Crippen LogP contribution in [0.4, 0.5) is 0 Å². The van der Waals surface area contributed by atoms with Gasteiger partial charge in [-0.05, 0) is 66.6 Å². The van der Waals surface area contributed by atoms with E-state index in [0.29, 0.717) is 25.2 Å². The van der Waals surface area contributed by atoms with Gasteiger partial charge >= 0.3 is 0 Å². The van der Waals surface area contributed by atoms with Crippen LogP contribution >= 0.6 is 0 Å². The molecule has 2 fully saturated rings. The summed E-state index contributed by atoms with van der Waals surface area (Å²) in [6.07, 6.45) is 6.73. The smallest absolute Gasteiger partial charge is 0.250 e. The maximum atomic E-state index is 14.2. The molecule has 1 saturated carbocycles. The van der Waals surface area contributed by atoms with Crippen molar-refractivity contribution in [3.8, 4) is 6.07 Å². The van der Waals surface area contributed by atoms with Crippen molar-refractivity contribution in [3.05, 3.63) is 106 Å². The van der Waals surface area contributed by atoms with E-state index in [9.17, 15) is 14.9 Å². The lowest BCUT2D eigenvalue weighted by molar-refractivity contribution is -0.138. The summed E-state index contributed by atoms with van der Waals surface area (Å²) in [5, 5.41) is 14.3. The van der Waals surface area contributed by atoms with Crippen molar-refractivity contribution in [1.82, 2.24) is 19.4 Å². The van der Waals surface area contributed by atoms with Gasteiger partial charge in [0.1, 0.15) is 0 Å². The summed E-state index contributed by atoms with van der Waals surface area (Å²) >= 11 is 0. The minimum absolute atomic E-state index is 0.00277. The molecule has 4 aromatic rings. The van der Waals surface area contributed by atoms with E-state index in [2.05, 4.69) is 40.3 Å². The average molecular weight is 520 g/mol. The topological polar surface area (TPSA) is 83.1 Å². The van der Waals surface area contributed by atoms with Gasteiger partial charge in [0, 0.05) is 62.1 Å². The minimum Gasteiger partial charge on any atom is -0.343 e. The van der Waals surface area contributed by atoms with Crippen molar-refractivity contribution in [1.29, 1.82) is 5.26 Å². The van der Waals surface area contributed by atoms with Gasteiger partial charge in [-0.25, -0.2) is 0 Å². The molecule has 1 N–H and O–H groups in total. The molecule has 3 heterocycles. The summed E-state index contributed by atoms with van der Waals surface area (Å²) in [5.74, 6) is -0.101. The fourth-order valence-electron chi connectivity index (χ4n) is 6.04. The Kier molecular flexibility index (Phi) is 6.80. The van der Waals surface area contributed by atoms with Gasteiger partial charge in [0.2, 0.25) is 5.91 Å². The summed E-state index contributed by atoms with van der Waals surface area (Å²) in [7, 11) is 1.75. The SMILES string of the molecule is Cn1ccc(C2CCNCC2C(=O)N(Cc2cn(Cc3ccccc3)c3cccc(C#N)c23)C2CC2)cc1=O. The predicted octanol–water partition coefficient (Wildman–Crippen LogP) is 4.14. The molecule has 7 heteroatoms. The van der Waals surface area contributed by atoms with E-state index in [1.165, 1.54) is 5.56 Å². The first-order chi connectivity index (χ1) is 19.0. The van der Waals surface area contributed by atoms with Crippen LogP contribution in [-0.4, -0.2) is 39.1 Å². The molecule has 7 nitrogen and oxygen atoms in total. The number of aromatic nitrogens is 2. The third-order valence-corrected chi connectivity index (χ3v) is 8.27. The van der Waals surface area contributed by atoms with E-state index in [0.717, 1.165) is 47.8 Å². The molecule has 2 aliphatic rings. The Balaban J connectivity index is 1.35. The highest BCUT2D eigenvalue weighted by molar-refractivity contribution is 5.90. The lowest BCUT2D eigenvalue weighted by Crippen LogP contribution is -2.47. The van der Waals surface area contributed by atoms with Gasteiger partial charge in [-0.3, -0.25) is 9.59 Å². The molecule has 2 unspecified atom stereocenters. The second kappa shape index (κ2) is 10.5. The number of pyridine rings is 1. The average Bonchev–Trinajstić information content (AvgIpc) is 3.76. The Bertz CT molecular complexity index is 1610. The zero-order valence-corrected chi connectivity index (χ0v) is 22.2. The van der Waals surface area contributed by atoms with Crippen molar-refractivity contribution < 1.29 is 4.79 Å². The number of carbonyl (C=O) groups excluding carboxylic acids is 1. The highest BCUT2D eigenvalue weighted by atomic mass is 16.2. The number of hydrogen-bond acceptors (Lipinski definition) is 4. The molecular formula is C32H33N5O2. The maximum absolute atomic E-state index is 14.2. The van der Waals surface area contributed by atoms with Crippen LogP contribution in [0.25, 0.3) is 10.9 Å². The van der Waals surface area contributed by atoms with E-state index < -0.39 is 0 Å². The standard InChI is InChI=1S/C32H33N5O2/c1-35-15-13-23(16-30(35)38)27-12-14-34-18-28(27)32(39)37(26-10-11-26)21-25-20-36(19-22-6-3-2-4-7-22)29-9-5-8-24(17-33)31(25)29/h2-9,13,15-16,20,26-28,34H,10-12,14,18-19,21H2,1H3. The molecule has 2 aromatic carbocycles. The number of nitrogens with one attached hydrogen (secondary N) is 1. The molecule has 1 amide bonds. The van der Waals surface area contributed by atoms with Crippen molar-refractivity contribution in [2.24, 2.45) is 13.0 Å². The molecule has 39 heavy (non-hydrogen) atoms. The lowest BCUT2D eigenvalue weighted by Gasteiger charge is -2.35. The molecule has 1 aliphatic heterocycles. The van der Waals surface area contributed by atoms with Gasteiger partial charge in [-0.15, -0.1) is 0 Å². The number of amides is 1. The van der Waals surface area contributed by atoms with E-state index >= 15 is 0 Å². The lowest BCUT2D eigenvalue weighted by atomic mass is 9.80. The number of rotatable bonds is 7. The second-order valence-electron chi connectivity index (χ2n) is 10.9. The van der Waals surface area contributed by atoms with Crippen LogP contribution in [0.1, 0.15) is 47.4 Å². The van der Waals surface area contributed by atoms with Crippen molar-refractivity contribution in [2.45, 2.75) is 44.3 Å². The summed E-state index contributed by atoms with van der Waals surface area (Å²) in [5.41, 5.74) is 4.73. The number of fused-ring (bicyclic) bond motifs is 1. The Hall–Kier alpha value is -4.15. The zero-order valence-electron chi connectivity index (χ0n) is 22.2. The third kappa shape index (κ3) is 5.00. The van der Waals surface area contributed by atoms with Crippen LogP contribution in [-0.2, 0) is 24.9 Å². The number of carbonyl (C=O) groups is 1. The number of benzene rings is 2. The van der Waals surface area contributed by atoms with Gasteiger partial charge in [0.25, 0.3) is 5.56 Å². The van der Waals surface area contributed by atoms with Crippen LogP contribution in [0.15, 0.2) is 77.9 Å². The highest BCUT2D eigenvalue weighted by Gasteiger charge is 2.40. The number of nitrogens with zero attached hydrogens (tertiary/aromatic N) is 4. The summed E-state index contributed by atoms with van der Waals surface area (Å²) in [6.45, 7) is 2.59. The molecule has 0 radical (unpaired) electrons. The molecule has 6 rings (SSSR count). The van der Waals surface area contributed by atoms with Gasteiger partial charge in [0.05, 0.1) is 17.6 Å². The quantitative estimate of drug-likeness (QED) is 0.398. The van der Waals surface area contributed by atoms with Crippen LogP contribution in [0.3, 0.4) is 0 Å². The summed E-state index contributed by atoms with van der Waals surface area (Å²) in [6, 6.07) is 22.4. The van der Waals surface area contributed by atoms with E-state index in [-0.39, 0.29) is 29.3 Å². The molecule has 198 valence electrons. The largest absolute Gasteiger partial charge is 0.343 e. The first-order valence-electron chi connectivity index (χ1n) is 13.8. The molecule has 1 aliphatic carbocycles. The Labute approximate surface area is 228 Å². The highest BCUT2D eigenvalue weighted by Crippen LogP contribution is 2.37. The molecule has 0 spiro atoms. The fourth-order valence-corrected chi connectivity index (χ4v) is 6.04. The van der Waals surface area contributed by atoms with Crippen LogP contribution in [0.5, 0.6) is 0 Å². The molecular weight excluding hydrogens is 486 g/mol. The molecule has 2 atom stereocenters. The second-order valence-corrected chi connectivity index (χ2v) is 10.9. The van der Waals surface area contributed by atoms with E-state index in [1.54, 1.807) is 23.9 Å². The number of hydrogen-bond donors (Lipinski definition) is 1. The van der Waals surface area contributed by atoms with Gasteiger partial charge in [-0.1, -0.05) is 36.4 Å². The first-order valence-corrected chi connectivity index (χ1v) is 13.8. The number of piperidine rings is 1. The molecule has 2 aromatic heterocycles. The predicted molar refractivity (Wildman–Crippen MR) is 151 cm³/mol. The van der Waals surface area contributed by atoms with Crippen molar-refractivity contribution in [2.75, 3.05) is 13.1 Å². The summed E-state index contributed by atoms with van der Waals surface area (Å²) < 4.78 is 3.76. The van der Waals surface area contributed by atoms with Gasteiger partial charge in [-0.2, -0.15) is 5.26 Å². The van der Waals surface area contributed by atoms with Gasteiger partial charge < -0.3 is 19.4 Å². The normalized spacial score (nSPS) is 19.1. The number of aryl methyl sites for hydroxylation is 1. The Morgan fingerprint density at radius 2 is 1.92 bits per heavy atom. The monoisotopic (exact) mass is 519 g/mol. The first kappa shape index (κ1) is 25.1. The van der Waals surface area contributed by atoms with E-state index in [1.807, 2.05) is 41.3 Å².